The number of Topliss-reactive ketones (excluding diaryl/α,β-unsaturated/α-hetero) is 1. The van der Waals surface area contributed by atoms with Gasteiger partial charge in [0.15, 0.2) is 0 Å². The molecule has 2 saturated heterocycles. The number of likely N-dealkylation sites (tertiary alicyclic amines) is 1. The molecule has 3 aliphatic rings. The highest BCUT2D eigenvalue weighted by Gasteiger charge is 2.53. The maximum Gasteiger partial charge on any atom is 0.294 e. The molecule has 3 aromatic rings. The number of nitrogens with zero attached hydrogens (tertiary/aromatic N) is 4. The Bertz CT molecular complexity index is 1430. The predicted molar refractivity (Wildman–Crippen MR) is 142 cm³/mol. The predicted octanol–water partition coefficient (Wildman–Crippen LogP) is 3.92. The number of fused-ring (bicyclic) bond motifs is 1. The first-order valence-electron chi connectivity index (χ1n) is 13.5. The summed E-state index contributed by atoms with van der Waals surface area (Å²) in [7, 11) is 1.93. The van der Waals surface area contributed by atoms with Gasteiger partial charge in [-0.15, -0.1) is 0 Å². The Balaban J connectivity index is 1.26. The molecule has 38 heavy (non-hydrogen) atoms. The van der Waals surface area contributed by atoms with E-state index in [2.05, 4.69) is 4.90 Å². The van der Waals surface area contributed by atoms with Gasteiger partial charge in [-0.2, -0.15) is 0 Å². The Morgan fingerprint density at radius 1 is 0.947 bits per heavy atom. The second kappa shape index (κ2) is 9.34. The van der Waals surface area contributed by atoms with Gasteiger partial charge in [0.1, 0.15) is 5.82 Å². The number of carbonyl (C=O) groups is 3. The van der Waals surface area contributed by atoms with E-state index in [-0.39, 0.29) is 17.3 Å². The van der Waals surface area contributed by atoms with Crippen LogP contribution in [0.5, 0.6) is 0 Å². The van der Waals surface area contributed by atoms with Gasteiger partial charge in [0.05, 0.1) is 11.1 Å². The molecule has 2 amide bonds. The summed E-state index contributed by atoms with van der Waals surface area (Å²) in [6.07, 6.45) is 3.76. The molecule has 198 valence electrons. The van der Waals surface area contributed by atoms with E-state index < -0.39 is 11.7 Å². The number of amides is 2. The quantitative estimate of drug-likeness (QED) is 0.381. The number of piperazine rings is 1. The monoisotopic (exact) mass is 516 g/mol. The maximum atomic E-state index is 14.1. The van der Waals surface area contributed by atoms with E-state index in [0.717, 1.165) is 67.5 Å². The summed E-state index contributed by atoms with van der Waals surface area (Å²) in [5, 5.41) is 0.722. The van der Waals surface area contributed by atoms with Crippen molar-refractivity contribution in [1.82, 2.24) is 19.3 Å². The topological polar surface area (TPSA) is 65.9 Å². The van der Waals surface area contributed by atoms with Gasteiger partial charge in [-0.1, -0.05) is 12.1 Å². The zero-order valence-electron chi connectivity index (χ0n) is 22.0. The molecular formula is C30H33FN4O3. The van der Waals surface area contributed by atoms with Gasteiger partial charge in [0.25, 0.3) is 11.8 Å². The van der Waals surface area contributed by atoms with Crippen LogP contribution in [0.4, 0.5) is 4.39 Å². The van der Waals surface area contributed by atoms with Gasteiger partial charge in [-0.25, -0.2) is 4.39 Å². The first-order chi connectivity index (χ1) is 18.3. The van der Waals surface area contributed by atoms with Crippen LogP contribution in [-0.4, -0.2) is 75.1 Å². The van der Waals surface area contributed by atoms with E-state index in [1.807, 2.05) is 41.6 Å². The molecule has 1 spiro atoms. The molecule has 6 rings (SSSR count). The Labute approximate surface area is 221 Å². The van der Waals surface area contributed by atoms with Crippen LogP contribution < -0.4 is 0 Å². The van der Waals surface area contributed by atoms with Crippen molar-refractivity contribution in [3.63, 3.8) is 0 Å². The molecule has 0 atom stereocenters. The van der Waals surface area contributed by atoms with Crippen molar-refractivity contribution < 1.29 is 18.8 Å². The Kier molecular flexibility index (Phi) is 6.10. The maximum absolute atomic E-state index is 14.1. The third-order valence-corrected chi connectivity index (χ3v) is 8.68. The fourth-order valence-electron chi connectivity index (χ4n) is 6.24. The van der Waals surface area contributed by atoms with Crippen LogP contribution >= 0.6 is 0 Å². The van der Waals surface area contributed by atoms with Gasteiger partial charge >= 0.3 is 0 Å². The van der Waals surface area contributed by atoms with Crippen molar-refractivity contribution >= 4 is 28.5 Å². The van der Waals surface area contributed by atoms with Crippen LogP contribution in [0.1, 0.15) is 57.7 Å². The van der Waals surface area contributed by atoms with E-state index in [0.29, 0.717) is 30.8 Å². The zero-order chi connectivity index (χ0) is 26.6. The minimum atomic E-state index is -0.512. The first kappa shape index (κ1) is 24.8. The molecule has 7 nitrogen and oxygen atoms in total. The fraction of sp³-hybridized carbons (Fsp3) is 0.433. The van der Waals surface area contributed by atoms with Gasteiger partial charge in [-0.05, 0) is 68.5 Å². The van der Waals surface area contributed by atoms with E-state index in [9.17, 15) is 18.8 Å². The molecule has 8 heteroatoms. The number of aromatic nitrogens is 1. The largest absolute Gasteiger partial charge is 0.347 e. The molecule has 1 aromatic heterocycles. The Morgan fingerprint density at radius 2 is 1.66 bits per heavy atom. The van der Waals surface area contributed by atoms with Crippen molar-refractivity contribution in [1.29, 1.82) is 0 Å². The summed E-state index contributed by atoms with van der Waals surface area (Å²) in [6.45, 7) is 6.05. The lowest BCUT2D eigenvalue weighted by atomic mass is 10.0. The second-order valence-corrected chi connectivity index (χ2v) is 11.1. The summed E-state index contributed by atoms with van der Waals surface area (Å²) in [6, 6.07) is 11.9. The van der Waals surface area contributed by atoms with Crippen LogP contribution in [0, 0.1) is 12.7 Å². The number of ketones is 1. The average Bonchev–Trinajstić information content (AvgIpc) is 3.34. The number of hydrogen-bond acceptors (Lipinski definition) is 4. The lowest BCUT2D eigenvalue weighted by molar-refractivity contribution is -0.125. The summed E-state index contributed by atoms with van der Waals surface area (Å²) < 4.78 is 15.3. The van der Waals surface area contributed by atoms with Crippen molar-refractivity contribution in [2.24, 2.45) is 7.05 Å². The number of benzene rings is 2. The molecule has 2 aliphatic heterocycles. The summed E-state index contributed by atoms with van der Waals surface area (Å²) in [4.78, 5) is 45.9. The van der Waals surface area contributed by atoms with Crippen molar-refractivity contribution in [2.45, 2.75) is 44.7 Å². The minimum absolute atomic E-state index is 0.0116. The normalized spacial score (nSPS) is 18.9. The second-order valence-electron chi connectivity index (χ2n) is 11.1. The molecule has 3 fully saturated rings. The van der Waals surface area contributed by atoms with E-state index >= 15 is 0 Å². The van der Waals surface area contributed by atoms with Crippen LogP contribution in [0.2, 0.25) is 0 Å². The number of aryl methyl sites for hydroxylation is 1. The summed E-state index contributed by atoms with van der Waals surface area (Å²) in [5.41, 5.74) is 3.54. The Morgan fingerprint density at radius 3 is 2.34 bits per heavy atom. The molecule has 3 heterocycles. The highest BCUT2D eigenvalue weighted by Crippen LogP contribution is 2.46. The van der Waals surface area contributed by atoms with Crippen LogP contribution in [0.15, 0.2) is 42.5 Å². The smallest absolute Gasteiger partial charge is 0.294 e. The molecule has 0 radical (unpaired) electrons. The third-order valence-electron chi connectivity index (χ3n) is 8.68. The van der Waals surface area contributed by atoms with Crippen molar-refractivity contribution in [2.75, 3.05) is 32.7 Å². The van der Waals surface area contributed by atoms with Crippen LogP contribution in [-0.2, 0) is 18.4 Å². The molecule has 0 N–H and O–H groups in total. The Hall–Kier alpha value is -3.52. The minimum Gasteiger partial charge on any atom is -0.347 e. The molecule has 1 aliphatic carbocycles. The van der Waals surface area contributed by atoms with Crippen LogP contribution in [0.25, 0.3) is 10.9 Å². The summed E-state index contributed by atoms with van der Waals surface area (Å²) in [5.74, 6) is -1.22. The molecule has 2 aromatic carbocycles. The highest BCUT2D eigenvalue weighted by molar-refractivity contribution is 6.43. The highest BCUT2D eigenvalue weighted by atomic mass is 19.1. The third kappa shape index (κ3) is 4.21. The molecular weight excluding hydrogens is 483 g/mol. The van der Waals surface area contributed by atoms with Crippen LogP contribution in [0.3, 0.4) is 0 Å². The zero-order valence-corrected chi connectivity index (χ0v) is 22.0. The lowest BCUT2D eigenvalue weighted by Gasteiger charge is -2.42. The van der Waals surface area contributed by atoms with Crippen molar-refractivity contribution in [3.8, 4) is 0 Å². The van der Waals surface area contributed by atoms with Gasteiger partial charge in [0.2, 0.25) is 5.78 Å². The number of hydrogen-bond donors (Lipinski definition) is 0. The average molecular weight is 517 g/mol. The summed E-state index contributed by atoms with van der Waals surface area (Å²) >= 11 is 0. The van der Waals surface area contributed by atoms with Gasteiger partial charge < -0.3 is 14.4 Å². The molecule has 1 saturated carbocycles. The standard InChI is InChI=1S/C30H33FN4O3/c1-20-26(24-17-22(7-10-25(24)32(20)2)27(36)29(38)34-13-3-4-14-34)28(37)35-16-15-33(19-30(35)11-12-30)18-21-5-8-23(31)9-6-21/h5-10,17H,3-4,11-16,18-19H2,1-2H3. The number of carbonyl (C=O) groups excluding carboxylic acids is 3. The molecule has 0 unspecified atom stereocenters. The van der Waals surface area contributed by atoms with Crippen molar-refractivity contribution in [3.05, 3.63) is 70.7 Å². The van der Waals surface area contributed by atoms with Gasteiger partial charge in [0, 0.05) is 68.5 Å². The number of rotatable bonds is 5. The number of halogens is 1. The first-order valence-corrected chi connectivity index (χ1v) is 13.5. The van der Waals surface area contributed by atoms with Gasteiger partial charge in [-0.3, -0.25) is 19.3 Å². The fourth-order valence-corrected chi connectivity index (χ4v) is 6.24. The van der Waals surface area contributed by atoms with E-state index in [1.165, 1.54) is 12.1 Å². The van der Waals surface area contributed by atoms with E-state index in [4.69, 9.17) is 0 Å². The lowest BCUT2D eigenvalue weighted by Crippen LogP contribution is -2.56. The van der Waals surface area contributed by atoms with E-state index in [1.54, 1.807) is 17.0 Å². The molecule has 0 bridgehead atoms. The SMILES string of the molecule is Cc1c(C(=O)N2CCN(Cc3ccc(F)cc3)CC23CC3)c2cc(C(=O)C(=O)N3CCCC3)ccc2n1C.